The third-order valence-corrected chi connectivity index (χ3v) is 4.89. The Balaban J connectivity index is 1.57. The van der Waals surface area contributed by atoms with Crippen LogP contribution in [0.2, 0.25) is 0 Å². The number of carbonyl (C=O) groups is 2. The molecule has 0 radical (unpaired) electrons. The molecule has 1 amide bonds. The molecule has 1 aromatic carbocycles. The molecule has 1 aliphatic rings. The molecule has 0 spiro atoms. The van der Waals surface area contributed by atoms with E-state index in [0.29, 0.717) is 29.8 Å². The summed E-state index contributed by atoms with van der Waals surface area (Å²) in [5.74, 6) is 2.46. The van der Waals surface area contributed by atoms with Gasteiger partial charge in [0.1, 0.15) is 17.4 Å². The minimum Gasteiger partial charge on any atom is -0.496 e. The quantitative estimate of drug-likeness (QED) is 0.755. The Morgan fingerprint density at radius 3 is 2.85 bits per heavy atom. The molecule has 1 aliphatic heterocycles. The molecule has 1 N–H and O–H groups in total. The van der Waals surface area contributed by atoms with Crippen molar-refractivity contribution in [3.8, 4) is 5.75 Å². The molecule has 144 valence electrons. The molecule has 2 heterocycles. The lowest BCUT2D eigenvalue weighted by Crippen LogP contribution is -2.28. The number of hydrogen-bond donors (Lipinski definition) is 1. The number of nitrogens with zero attached hydrogens (tertiary/aromatic N) is 3. The molecule has 0 unspecified atom stereocenters. The first-order chi connectivity index (χ1) is 13.1. The number of aryl methyl sites for hydroxylation is 1. The van der Waals surface area contributed by atoms with Crippen molar-refractivity contribution in [3.63, 3.8) is 0 Å². The van der Waals surface area contributed by atoms with E-state index < -0.39 is 0 Å². The van der Waals surface area contributed by atoms with Crippen molar-refractivity contribution < 1.29 is 14.3 Å². The molecular formula is C20H26N4O3. The van der Waals surface area contributed by atoms with Crippen LogP contribution in [0.3, 0.4) is 0 Å². The first-order valence-corrected chi connectivity index (χ1v) is 9.44. The van der Waals surface area contributed by atoms with Crippen LogP contribution in [0.25, 0.3) is 0 Å². The van der Waals surface area contributed by atoms with Crippen molar-refractivity contribution in [1.29, 1.82) is 0 Å². The Labute approximate surface area is 159 Å². The van der Waals surface area contributed by atoms with Gasteiger partial charge < -0.3 is 14.6 Å². The SMILES string of the molecule is COc1ccc(C(C)=O)cc1CC(=O)NCCc1nnc2n1CCCCC2. The smallest absolute Gasteiger partial charge is 0.224 e. The van der Waals surface area contributed by atoms with Crippen LogP contribution in [-0.2, 0) is 30.6 Å². The number of Topliss-reactive ketones (excluding diaryl/α,β-unsaturated/α-hetero) is 1. The van der Waals surface area contributed by atoms with Gasteiger partial charge in [-0.1, -0.05) is 6.42 Å². The summed E-state index contributed by atoms with van der Waals surface area (Å²) in [6.07, 6.45) is 5.34. The predicted octanol–water partition coefficient (Wildman–Crippen LogP) is 2.12. The molecule has 0 aliphatic carbocycles. The molecule has 1 aromatic heterocycles. The van der Waals surface area contributed by atoms with Gasteiger partial charge in [0.25, 0.3) is 0 Å². The maximum Gasteiger partial charge on any atom is 0.224 e. The largest absolute Gasteiger partial charge is 0.496 e. The monoisotopic (exact) mass is 370 g/mol. The summed E-state index contributed by atoms with van der Waals surface area (Å²) in [7, 11) is 1.56. The van der Waals surface area contributed by atoms with Crippen molar-refractivity contribution in [2.24, 2.45) is 0 Å². The summed E-state index contributed by atoms with van der Waals surface area (Å²) in [6, 6.07) is 5.16. The molecule has 3 rings (SSSR count). The number of methoxy groups -OCH3 is 1. The van der Waals surface area contributed by atoms with Gasteiger partial charge in [0, 0.05) is 37.1 Å². The van der Waals surface area contributed by atoms with E-state index in [1.165, 1.54) is 13.3 Å². The second-order valence-electron chi connectivity index (χ2n) is 6.85. The van der Waals surface area contributed by atoms with Gasteiger partial charge in [0.15, 0.2) is 5.78 Å². The van der Waals surface area contributed by atoms with Crippen molar-refractivity contribution in [2.75, 3.05) is 13.7 Å². The molecule has 0 saturated heterocycles. The number of ketones is 1. The van der Waals surface area contributed by atoms with Gasteiger partial charge in [-0.15, -0.1) is 10.2 Å². The average Bonchev–Trinajstić information content (AvgIpc) is 2.88. The molecule has 2 aromatic rings. The van der Waals surface area contributed by atoms with E-state index in [2.05, 4.69) is 20.1 Å². The van der Waals surface area contributed by atoms with Gasteiger partial charge in [-0.05, 0) is 38.0 Å². The number of aromatic nitrogens is 3. The highest BCUT2D eigenvalue weighted by Gasteiger charge is 2.15. The number of benzene rings is 1. The van der Waals surface area contributed by atoms with E-state index in [1.54, 1.807) is 25.3 Å². The molecule has 0 saturated carbocycles. The van der Waals surface area contributed by atoms with Crippen molar-refractivity contribution in [1.82, 2.24) is 20.1 Å². The van der Waals surface area contributed by atoms with E-state index in [0.717, 1.165) is 37.5 Å². The van der Waals surface area contributed by atoms with Crippen LogP contribution in [0.1, 0.15) is 53.8 Å². The fourth-order valence-corrected chi connectivity index (χ4v) is 3.42. The van der Waals surface area contributed by atoms with Crippen LogP contribution in [0.15, 0.2) is 18.2 Å². The number of carbonyl (C=O) groups excluding carboxylic acids is 2. The third kappa shape index (κ3) is 4.72. The van der Waals surface area contributed by atoms with Crippen molar-refractivity contribution >= 4 is 11.7 Å². The van der Waals surface area contributed by atoms with Gasteiger partial charge in [0.05, 0.1) is 13.5 Å². The number of hydrogen-bond acceptors (Lipinski definition) is 5. The van der Waals surface area contributed by atoms with Crippen LogP contribution in [-0.4, -0.2) is 40.1 Å². The Bertz CT molecular complexity index is 829. The Morgan fingerprint density at radius 1 is 1.22 bits per heavy atom. The third-order valence-electron chi connectivity index (χ3n) is 4.89. The average molecular weight is 370 g/mol. The van der Waals surface area contributed by atoms with Crippen LogP contribution >= 0.6 is 0 Å². The molecule has 0 atom stereocenters. The summed E-state index contributed by atoms with van der Waals surface area (Å²) in [5.41, 5.74) is 1.28. The Morgan fingerprint density at radius 2 is 2.07 bits per heavy atom. The topological polar surface area (TPSA) is 86.1 Å². The Kier molecular flexibility index (Phi) is 6.21. The summed E-state index contributed by atoms with van der Waals surface area (Å²) < 4.78 is 7.50. The Hall–Kier alpha value is -2.70. The fourth-order valence-electron chi connectivity index (χ4n) is 3.42. The second-order valence-corrected chi connectivity index (χ2v) is 6.85. The van der Waals surface area contributed by atoms with Crippen LogP contribution in [0.5, 0.6) is 5.75 Å². The van der Waals surface area contributed by atoms with Gasteiger partial charge >= 0.3 is 0 Å². The van der Waals surface area contributed by atoms with Crippen LogP contribution < -0.4 is 10.1 Å². The number of nitrogens with one attached hydrogen (secondary N) is 1. The van der Waals surface area contributed by atoms with E-state index in [1.807, 2.05) is 0 Å². The standard InChI is InChI=1S/C20H26N4O3/c1-14(25)15-7-8-17(27-2)16(12-15)13-20(26)21-10-9-19-23-22-18-6-4-3-5-11-24(18)19/h7-8,12H,3-6,9-11,13H2,1-2H3,(H,21,26). The lowest BCUT2D eigenvalue weighted by Gasteiger charge is -2.11. The zero-order valence-corrected chi connectivity index (χ0v) is 16.0. The molecule has 0 bridgehead atoms. The maximum atomic E-state index is 12.3. The van der Waals surface area contributed by atoms with Crippen molar-refractivity contribution in [2.45, 2.75) is 52.0 Å². The number of rotatable bonds is 7. The second kappa shape index (κ2) is 8.79. The fraction of sp³-hybridized carbons (Fsp3) is 0.500. The maximum absolute atomic E-state index is 12.3. The summed E-state index contributed by atoms with van der Waals surface area (Å²) in [4.78, 5) is 23.9. The summed E-state index contributed by atoms with van der Waals surface area (Å²) in [6.45, 7) is 2.97. The van der Waals surface area contributed by atoms with E-state index in [-0.39, 0.29) is 18.1 Å². The number of amides is 1. The predicted molar refractivity (Wildman–Crippen MR) is 101 cm³/mol. The zero-order valence-electron chi connectivity index (χ0n) is 16.0. The minimum absolute atomic E-state index is 0.0354. The van der Waals surface area contributed by atoms with Crippen LogP contribution in [0.4, 0.5) is 0 Å². The molecular weight excluding hydrogens is 344 g/mol. The van der Waals surface area contributed by atoms with Crippen LogP contribution in [0, 0.1) is 0 Å². The first-order valence-electron chi connectivity index (χ1n) is 9.44. The summed E-state index contributed by atoms with van der Waals surface area (Å²) in [5, 5.41) is 11.5. The molecule has 27 heavy (non-hydrogen) atoms. The summed E-state index contributed by atoms with van der Waals surface area (Å²) >= 11 is 0. The van der Waals surface area contributed by atoms with E-state index in [9.17, 15) is 9.59 Å². The van der Waals surface area contributed by atoms with E-state index >= 15 is 0 Å². The molecule has 0 fully saturated rings. The molecule has 7 heteroatoms. The van der Waals surface area contributed by atoms with Gasteiger partial charge in [-0.25, -0.2) is 0 Å². The number of ether oxygens (including phenoxy) is 1. The first kappa shape index (κ1) is 19.1. The van der Waals surface area contributed by atoms with Gasteiger partial charge in [-0.2, -0.15) is 0 Å². The highest BCUT2D eigenvalue weighted by molar-refractivity contribution is 5.94. The lowest BCUT2D eigenvalue weighted by molar-refractivity contribution is -0.120. The zero-order chi connectivity index (χ0) is 19.2. The molecule has 7 nitrogen and oxygen atoms in total. The van der Waals surface area contributed by atoms with Gasteiger partial charge in [0.2, 0.25) is 5.91 Å². The highest BCUT2D eigenvalue weighted by Crippen LogP contribution is 2.21. The van der Waals surface area contributed by atoms with Gasteiger partial charge in [-0.3, -0.25) is 9.59 Å². The lowest BCUT2D eigenvalue weighted by atomic mass is 10.0. The highest BCUT2D eigenvalue weighted by atomic mass is 16.5. The minimum atomic E-state index is -0.107. The normalized spacial score (nSPS) is 13.6. The van der Waals surface area contributed by atoms with E-state index in [4.69, 9.17) is 4.74 Å². The van der Waals surface area contributed by atoms with Crippen molar-refractivity contribution in [3.05, 3.63) is 41.0 Å². The number of fused-ring (bicyclic) bond motifs is 1.